The van der Waals surface area contributed by atoms with Crippen molar-refractivity contribution in [1.29, 1.82) is 0 Å². The largest absolute Gasteiger partial charge is 0.494 e. The molecule has 0 saturated carbocycles. The molecule has 1 unspecified atom stereocenters. The predicted octanol–water partition coefficient (Wildman–Crippen LogP) is 4.13. The lowest BCUT2D eigenvalue weighted by Crippen LogP contribution is -2.41. The Hall–Kier alpha value is -1.51. The third-order valence-electron chi connectivity index (χ3n) is 4.61. The fraction of sp³-hybridized carbons (Fsp3) is 0.632. The van der Waals surface area contributed by atoms with Crippen molar-refractivity contribution < 1.29 is 9.53 Å². The number of carbonyl (C=O) groups excluding carboxylic acids is 1. The molecule has 1 fully saturated rings. The van der Waals surface area contributed by atoms with E-state index < -0.39 is 0 Å². The second-order valence-corrected chi connectivity index (χ2v) is 6.41. The summed E-state index contributed by atoms with van der Waals surface area (Å²) in [5.41, 5.74) is 0. The van der Waals surface area contributed by atoms with E-state index in [0.717, 1.165) is 57.6 Å². The Morgan fingerprint density at radius 2 is 1.95 bits per heavy atom. The van der Waals surface area contributed by atoms with Crippen molar-refractivity contribution in [1.82, 2.24) is 4.90 Å². The number of ether oxygens (including phenoxy) is 1. The van der Waals surface area contributed by atoms with Gasteiger partial charge in [0.1, 0.15) is 5.75 Å². The zero-order valence-electron chi connectivity index (χ0n) is 14.0. The lowest BCUT2D eigenvalue weighted by atomic mass is 9.93. The van der Waals surface area contributed by atoms with Crippen molar-refractivity contribution in [2.75, 3.05) is 19.7 Å². The van der Waals surface area contributed by atoms with Crippen LogP contribution in [0.25, 0.3) is 0 Å². The van der Waals surface area contributed by atoms with Crippen LogP contribution in [0, 0.1) is 11.8 Å². The molecule has 1 atom stereocenters. The van der Waals surface area contributed by atoms with Gasteiger partial charge in [0.2, 0.25) is 5.91 Å². The maximum atomic E-state index is 12.3. The normalized spacial score (nSPS) is 17.3. The first-order valence-corrected chi connectivity index (χ1v) is 8.67. The van der Waals surface area contributed by atoms with E-state index in [9.17, 15) is 4.79 Å². The smallest absolute Gasteiger partial charge is 0.225 e. The van der Waals surface area contributed by atoms with Crippen LogP contribution in [-0.4, -0.2) is 30.5 Å². The van der Waals surface area contributed by atoms with E-state index in [-0.39, 0.29) is 5.92 Å². The van der Waals surface area contributed by atoms with Crippen LogP contribution in [0.15, 0.2) is 30.3 Å². The molecule has 1 aromatic carbocycles. The van der Waals surface area contributed by atoms with Gasteiger partial charge in [0.05, 0.1) is 6.61 Å². The number of nitrogens with zero attached hydrogens (tertiary/aromatic N) is 1. The number of amides is 1. The highest BCUT2D eigenvalue weighted by molar-refractivity contribution is 5.78. The fourth-order valence-electron chi connectivity index (χ4n) is 3.17. The van der Waals surface area contributed by atoms with E-state index in [1.54, 1.807) is 0 Å². The first-order valence-electron chi connectivity index (χ1n) is 8.67. The molecule has 1 aliphatic rings. The lowest BCUT2D eigenvalue weighted by Gasteiger charge is -2.33. The van der Waals surface area contributed by atoms with Crippen LogP contribution in [0.2, 0.25) is 0 Å². The van der Waals surface area contributed by atoms with E-state index in [4.69, 9.17) is 4.74 Å². The van der Waals surface area contributed by atoms with Crippen LogP contribution in [0.4, 0.5) is 0 Å². The minimum atomic E-state index is 0.183. The number of hydrogen-bond acceptors (Lipinski definition) is 2. The number of carbonyl (C=O) groups is 1. The second kappa shape index (κ2) is 8.82. The van der Waals surface area contributed by atoms with Crippen molar-refractivity contribution in [3.63, 3.8) is 0 Å². The molecule has 0 spiro atoms. The maximum absolute atomic E-state index is 12.3. The summed E-state index contributed by atoms with van der Waals surface area (Å²) in [7, 11) is 0. The fourth-order valence-corrected chi connectivity index (χ4v) is 3.17. The molecule has 0 N–H and O–H groups in total. The van der Waals surface area contributed by atoms with E-state index in [1.165, 1.54) is 0 Å². The molecule has 1 amide bonds. The Balaban J connectivity index is 1.66. The van der Waals surface area contributed by atoms with Gasteiger partial charge in [0.25, 0.3) is 0 Å². The molecule has 0 aromatic heterocycles. The minimum absolute atomic E-state index is 0.183. The van der Waals surface area contributed by atoms with Crippen molar-refractivity contribution in [2.45, 2.75) is 46.0 Å². The Bertz CT molecular complexity index is 438. The van der Waals surface area contributed by atoms with Gasteiger partial charge in [-0.25, -0.2) is 0 Å². The van der Waals surface area contributed by atoms with E-state index in [1.807, 2.05) is 30.3 Å². The van der Waals surface area contributed by atoms with Crippen LogP contribution < -0.4 is 4.74 Å². The van der Waals surface area contributed by atoms with Crippen LogP contribution >= 0.6 is 0 Å². The van der Waals surface area contributed by atoms with Crippen molar-refractivity contribution in [2.24, 2.45) is 11.8 Å². The van der Waals surface area contributed by atoms with Gasteiger partial charge in [-0.05, 0) is 43.7 Å². The Morgan fingerprint density at radius 3 is 2.59 bits per heavy atom. The zero-order valence-corrected chi connectivity index (χ0v) is 14.0. The Kier molecular flexibility index (Phi) is 6.75. The second-order valence-electron chi connectivity index (χ2n) is 6.41. The Labute approximate surface area is 134 Å². The quantitative estimate of drug-likeness (QED) is 0.758. The molecule has 122 valence electrons. The van der Waals surface area contributed by atoms with Crippen molar-refractivity contribution in [3.8, 4) is 5.75 Å². The molecule has 22 heavy (non-hydrogen) atoms. The van der Waals surface area contributed by atoms with Crippen molar-refractivity contribution >= 4 is 5.91 Å². The topological polar surface area (TPSA) is 29.5 Å². The highest BCUT2D eigenvalue weighted by Crippen LogP contribution is 2.23. The number of rotatable bonds is 7. The standard InChI is InChI=1S/C19H29NO2/c1-3-7-16(2)19(21)20-13-10-17(11-14-20)12-15-22-18-8-5-4-6-9-18/h4-6,8-9,16-17H,3,7,10-15H2,1-2H3. The molecule has 2 rings (SSSR count). The van der Waals surface area contributed by atoms with E-state index in [2.05, 4.69) is 18.7 Å². The number of hydrogen-bond donors (Lipinski definition) is 0. The predicted molar refractivity (Wildman–Crippen MR) is 89.9 cm³/mol. The summed E-state index contributed by atoms with van der Waals surface area (Å²) in [5, 5.41) is 0. The summed E-state index contributed by atoms with van der Waals surface area (Å²) in [6, 6.07) is 9.99. The molecule has 0 radical (unpaired) electrons. The highest BCUT2D eigenvalue weighted by Gasteiger charge is 2.25. The van der Waals surface area contributed by atoms with Crippen LogP contribution in [0.3, 0.4) is 0 Å². The third-order valence-corrected chi connectivity index (χ3v) is 4.61. The highest BCUT2D eigenvalue weighted by atomic mass is 16.5. The van der Waals surface area contributed by atoms with Crippen LogP contribution in [-0.2, 0) is 4.79 Å². The van der Waals surface area contributed by atoms with Gasteiger partial charge in [-0.1, -0.05) is 38.5 Å². The maximum Gasteiger partial charge on any atom is 0.225 e. The molecule has 3 heteroatoms. The zero-order chi connectivity index (χ0) is 15.8. The van der Waals surface area contributed by atoms with Gasteiger partial charge in [0, 0.05) is 19.0 Å². The van der Waals surface area contributed by atoms with Gasteiger partial charge in [-0.15, -0.1) is 0 Å². The molecular weight excluding hydrogens is 274 g/mol. The molecule has 1 saturated heterocycles. The first-order chi connectivity index (χ1) is 10.7. The van der Waals surface area contributed by atoms with Crippen LogP contribution in [0.5, 0.6) is 5.75 Å². The minimum Gasteiger partial charge on any atom is -0.494 e. The number of likely N-dealkylation sites (tertiary alicyclic amines) is 1. The first kappa shape index (κ1) is 16.9. The van der Waals surface area contributed by atoms with Gasteiger partial charge in [-0.2, -0.15) is 0 Å². The van der Waals surface area contributed by atoms with Gasteiger partial charge in [-0.3, -0.25) is 4.79 Å². The number of benzene rings is 1. The van der Waals surface area contributed by atoms with Gasteiger partial charge >= 0.3 is 0 Å². The summed E-state index contributed by atoms with van der Waals surface area (Å²) < 4.78 is 5.77. The third kappa shape index (κ3) is 5.04. The summed E-state index contributed by atoms with van der Waals surface area (Å²) >= 11 is 0. The Morgan fingerprint density at radius 1 is 1.27 bits per heavy atom. The average molecular weight is 303 g/mol. The lowest BCUT2D eigenvalue weighted by molar-refractivity contribution is -0.136. The number of para-hydroxylation sites is 1. The molecular formula is C19H29NO2. The van der Waals surface area contributed by atoms with E-state index >= 15 is 0 Å². The van der Waals surface area contributed by atoms with Crippen LogP contribution in [0.1, 0.15) is 46.0 Å². The van der Waals surface area contributed by atoms with Gasteiger partial charge in [0.15, 0.2) is 0 Å². The molecule has 0 bridgehead atoms. The van der Waals surface area contributed by atoms with E-state index in [0.29, 0.717) is 11.8 Å². The molecule has 1 heterocycles. The summed E-state index contributed by atoms with van der Waals surface area (Å²) in [6.45, 7) is 6.81. The molecule has 1 aromatic rings. The molecule has 0 aliphatic carbocycles. The number of piperidine rings is 1. The average Bonchev–Trinajstić information content (AvgIpc) is 2.56. The summed E-state index contributed by atoms with van der Waals surface area (Å²) in [4.78, 5) is 14.4. The summed E-state index contributed by atoms with van der Waals surface area (Å²) in [6.07, 6.45) is 5.40. The van der Waals surface area contributed by atoms with Gasteiger partial charge < -0.3 is 9.64 Å². The molecule has 3 nitrogen and oxygen atoms in total. The summed E-state index contributed by atoms with van der Waals surface area (Å²) in [5.74, 6) is 2.17. The SMILES string of the molecule is CCCC(C)C(=O)N1CCC(CCOc2ccccc2)CC1. The molecule has 1 aliphatic heterocycles. The van der Waals surface area contributed by atoms with Crippen molar-refractivity contribution in [3.05, 3.63) is 30.3 Å². The monoisotopic (exact) mass is 303 g/mol.